The van der Waals surface area contributed by atoms with Crippen molar-refractivity contribution in [1.82, 2.24) is 10.6 Å². The van der Waals surface area contributed by atoms with E-state index >= 15 is 0 Å². The highest BCUT2D eigenvalue weighted by Gasteiger charge is 2.15. The summed E-state index contributed by atoms with van der Waals surface area (Å²) >= 11 is 0. The van der Waals surface area contributed by atoms with Crippen molar-refractivity contribution in [3.63, 3.8) is 0 Å². The van der Waals surface area contributed by atoms with Crippen molar-refractivity contribution in [2.75, 3.05) is 26.7 Å². The number of nitrogens with zero attached hydrogens (tertiary/aromatic N) is 1. The number of ether oxygens (including phenoxy) is 1. The molecule has 0 aliphatic heterocycles. The van der Waals surface area contributed by atoms with Crippen LogP contribution in [0.1, 0.15) is 53.4 Å². The van der Waals surface area contributed by atoms with E-state index in [-0.39, 0.29) is 29.6 Å². The van der Waals surface area contributed by atoms with E-state index < -0.39 is 0 Å². The lowest BCUT2D eigenvalue weighted by Gasteiger charge is -2.21. The number of unbranched alkanes of at least 4 members (excludes halogenated alkanes) is 3. The van der Waals surface area contributed by atoms with Crippen molar-refractivity contribution >= 4 is 29.9 Å². The number of rotatable bonds is 9. The molecule has 4 nitrogen and oxygen atoms in total. The Hall–Kier alpha value is -0.0400. The van der Waals surface area contributed by atoms with Gasteiger partial charge >= 0.3 is 0 Å². The third kappa shape index (κ3) is 12.7. The van der Waals surface area contributed by atoms with Crippen molar-refractivity contribution < 1.29 is 4.74 Å². The third-order valence-electron chi connectivity index (χ3n) is 2.84. The SMILES string of the molecule is CCCCCCNC(=NCC(C)(C)OC)NCC.I. The van der Waals surface area contributed by atoms with Crippen LogP contribution in [-0.2, 0) is 4.74 Å². The predicted octanol–water partition coefficient (Wildman–Crippen LogP) is 3.16. The van der Waals surface area contributed by atoms with E-state index in [1.165, 1.54) is 25.7 Å². The maximum atomic E-state index is 5.36. The molecule has 0 aromatic carbocycles. The molecule has 0 fully saturated rings. The summed E-state index contributed by atoms with van der Waals surface area (Å²) in [6.45, 7) is 10.9. The van der Waals surface area contributed by atoms with Crippen LogP contribution >= 0.6 is 24.0 Å². The van der Waals surface area contributed by atoms with Crippen molar-refractivity contribution in [1.29, 1.82) is 0 Å². The maximum Gasteiger partial charge on any atom is 0.191 e. The zero-order valence-electron chi connectivity index (χ0n) is 13.2. The highest BCUT2D eigenvalue weighted by molar-refractivity contribution is 14.0. The van der Waals surface area contributed by atoms with Crippen molar-refractivity contribution in [2.24, 2.45) is 4.99 Å². The Labute approximate surface area is 136 Å². The van der Waals surface area contributed by atoms with Crippen LogP contribution in [0.25, 0.3) is 0 Å². The summed E-state index contributed by atoms with van der Waals surface area (Å²) in [4.78, 5) is 4.54. The van der Waals surface area contributed by atoms with Gasteiger partial charge in [0.15, 0.2) is 5.96 Å². The molecule has 5 heteroatoms. The first kappa shape index (κ1) is 21.3. The van der Waals surface area contributed by atoms with Gasteiger partial charge in [-0.2, -0.15) is 0 Å². The molecule has 0 rings (SSSR count). The normalized spacial score (nSPS) is 11.9. The standard InChI is InChI=1S/C14H31N3O.HI/c1-6-8-9-10-11-16-13(15-7-2)17-12-14(3,4)18-5;/h6-12H2,1-5H3,(H2,15,16,17);1H. The molecule has 0 bridgehead atoms. The average Bonchev–Trinajstić information content (AvgIpc) is 2.35. The van der Waals surface area contributed by atoms with Crippen LogP contribution in [0.5, 0.6) is 0 Å². The summed E-state index contributed by atoms with van der Waals surface area (Å²) in [6, 6.07) is 0. The number of methoxy groups -OCH3 is 1. The second-order valence-electron chi connectivity index (χ2n) is 5.15. The Balaban J connectivity index is 0. The number of hydrogen-bond acceptors (Lipinski definition) is 2. The number of aliphatic imine (C=N–C) groups is 1. The van der Waals surface area contributed by atoms with Crippen LogP contribution in [0, 0.1) is 0 Å². The van der Waals surface area contributed by atoms with Gasteiger partial charge in [0.05, 0.1) is 12.1 Å². The Morgan fingerprint density at radius 1 is 1.11 bits per heavy atom. The fourth-order valence-corrected chi connectivity index (χ4v) is 1.43. The van der Waals surface area contributed by atoms with Gasteiger partial charge in [-0.1, -0.05) is 26.2 Å². The largest absolute Gasteiger partial charge is 0.377 e. The van der Waals surface area contributed by atoms with Crippen molar-refractivity contribution in [3.8, 4) is 0 Å². The second-order valence-corrected chi connectivity index (χ2v) is 5.15. The molecule has 0 spiro atoms. The number of nitrogens with one attached hydrogen (secondary N) is 2. The highest BCUT2D eigenvalue weighted by Crippen LogP contribution is 2.06. The summed E-state index contributed by atoms with van der Waals surface area (Å²) in [5, 5.41) is 6.61. The molecule has 0 amide bonds. The Bertz CT molecular complexity index is 233. The van der Waals surface area contributed by atoms with Crippen LogP contribution in [0.3, 0.4) is 0 Å². The van der Waals surface area contributed by atoms with Gasteiger partial charge in [0.1, 0.15) is 0 Å². The minimum atomic E-state index is -0.204. The van der Waals surface area contributed by atoms with Crippen LogP contribution in [0.2, 0.25) is 0 Å². The highest BCUT2D eigenvalue weighted by atomic mass is 127. The molecule has 0 saturated carbocycles. The Morgan fingerprint density at radius 2 is 1.79 bits per heavy atom. The fraction of sp³-hybridized carbons (Fsp3) is 0.929. The Morgan fingerprint density at radius 3 is 2.32 bits per heavy atom. The smallest absolute Gasteiger partial charge is 0.191 e. The molecule has 19 heavy (non-hydrogen) atoms. The molecule has 0 radical (unpaired) electrons. The van der Waals surface area contributed by atoms with E-state index in [9.17, 15) is 0 Å². The van der Waals surface area contributed by atoms with Gasteiger partial charge in [-0.05, 0) is 27.2 Å². The predicted molar refractivity (Wildman–Crippen MR) is 94.6 cm³/mol. The molecule has 0 aliphatic carbocycles. The van der Waals surface area contributed by atoms with E-state index in [1.807, 2.05) is 13.8 Å². The first-order valence-corrected chi connectivity index (χ1v) is 7.13. The lowest BCUT2D eigenvalue weighted by atomic mass is 10.1. The van der Waals surface area contributed by atoms with Crippen molar-refractivity contribution in [3.05, 3.63) is 0 Å². The summed E-state index contributed by atoms with van der Waals surface area (Å²) in [5.41, 5.74) is -0.204. The first-order valence-electron chi connectivity index (χ1n) is 7.13. The Kier molecular flexibility index (Phi) is 14.5. The molecule has 2 N–H and O–H groups in total. The summed E-state index contributed by atoms with van der Waals surface area (Å²) in [6.07, 6.45) is 5.07. The first-order chi connectivity index (χ1) is 8.55. The molecule has 0 saturated heterocycles. The topological polar surface area (TPSA) is 45.7 Å². The van der Waals surface area contributed by atoms with Gasteiger partial charge in [0, 0.05) is 20.2 Å². The van der Waals surface area contributed by atoms with Crippen LogP contribution in [0.4, 0.5) is 0 Å². The molecule has 0 aliphatic rings. The molecular formula is C14H32IN3O. The molecular weight excluding hydrogens is 353 g/mol. The van der Waals surface area contributed by atoms with Crippen LogP contribution in [0.15, 0.2) is 4.99 Å². The summed E-state index contributed by atoms with van der Waals surface area (Å²) in [5.74, 6) is 0.888. The van der Waals surface area contributed by atoms with Crippen LogP contribution in [-0.4, -0.2) is 38.3 Å². The van der Waals surface area contributed by atoms with E-state index in [4.69, 9.17) is 4.74 Å². The number of halogens is 1. The lowest BCUT2D eigenvalue weighted by Crippen LogP contribution is -2.39. The van der Waals surface area contributed by atoms with E-state index in [1.54, 1.807) is 7.11 Å². The van der Waals surface area contributed by atoms with Gasteiger partial charge in [0.25, 0.3) is 0 Å². The molecule has 0 atom stereocenters. The molecule has 0 aromatic heterocycles. The lowest BCUT2D eigenvalue weighted by molar-refractivity contribution is 0.0310. The van der Waals surface area contributed by atoms with Gasteiger partial charge in [0.2, 0.25) is 0 Å². The number of guanidine groups is 1. The van der Waals surface area contributed by atoms with E-state index in [0.717, 1.165) is 19.0 Å². The molecule has 0 aromatic rings. The maximum absolute atomic E-state index is 5.36. The average molecular weight is 385 g/mol. The van der Waals surface area contributed by atoms with E-state index in [0.29, 0.717) is 6.54 Å². The second kappa shape index (κ2) is 13.0. The van der Waals surface area contributed by atoms with Gasteiger partial charge < -0.3 is 15.4 Å². The minimum absolute atomic E-state index is 0. The quantitative estimate of drug-likeness (QED) is 0.277. The molecule has 0 unspecified atom stereocenters. The van der Waals surface area contributed by atoms with Gasteiger partial charge in [-0.15, -0.1) is 24.0 Å². The van der Waals surface area contributed by atoms with Gasteiger partial charge in [-0.3, -0.25) is 4.99 Å². The van der Waals surface area contributed by atoms with Crippen molar-refractivity contribution in [2.45, 2.75) is 59.0 Å². The molecule has 116 valence electrons. The summed E-state index contributed by atoms with van der Waals surface area (Å²) in [7, 11) is 1.72. The third-order valence-corrected chi connectivity index (χ3v) is 2.84. The summed E-state index contributed by atoms with van der Waals surface area (Å²) < 4.78 is 5.36. The van der Waals surface area contributed by atoms with Gasteiger partial charge in [-0.25, -0.2) is 0 Å². The monoisotopic (exact) mass is 385 g/mol. The van der Waals surface area contributed by atoms with Crippen LogP contribution < -0.4 is 10.6 Å². The van der Waals surface area contributed by atoms with E-state index in [2.05, 4.69) is 29.5 Å². The number of hydrogen-bond donors (Lipinski definition) is 2. The minimum Gasteiger partial charge on any atom is -0.377 e. The zero-order chi connectivity index (χ0) is 13.9. The molecule has 0 heterocycles. The zero-order valence-corrected chi connectivity index (χ0v) is 15.5. The fourth-order valence-electron chi connectivity index (χ4n) is 1.43.